The zero-order chi connectivity index (χ0) is 14.9. The highest BCUT2D eigenvalue weighted by atomic mass is 35.5. The Morgan fingerprint density at radius 3 is 2.25 bits per heavy atom. The van der Waals surface area contributed by atoms with E-state index in [1.165, 1.54) is 12.4 Å². The number of aryl methyl sites for hydroxylation is 3. The number of rotatable bonds is 3. The topological polar surface area (TPSA) is 72.0 Å². The Morgan fingerprint density at radius 1 is 1.10 bits per heavy atom. The molecule has 1 N–H and O–H groups in total. The van der Waals surface area contributed by atoms with E-state index in [9.17, 15) is 8.42 Å². The van der Waals surface area contributed by atoms with Crippen LogP contribution < -0.4 is 4.72 Å². The summed E-state index contributed by atoms with van der Waals surface area (Å²) in [6, 6.07) is 3.65. The van der Waals surface area contributed by atoms with E-state index in [0.29, 0.717) is 11.1 Å². The Balaban J connectivity index is 2.46. The molecule has 106 valence electrons. The first-order valence-corrected chi connectivity index (χ1v) is 7.74. The molecule has 0 spiro atoms. The Bertz CT molecular complexity index is 737. The number of halogens is 1. The molecule has 0 aliphatic carbocycles. The van der Waals surface area contributed by atoms with Gasteiger partial charge in [0.05, 0.1) is 17.3 Å². The SMILES string of the molecule is Cc1cc(C)c(S(=O)(=O)Nc2cncc(Cl)n2)c(C)c1. The lowest BCUT2D eigenvalue weighted by Crippen LogP contribution is -2.17. The maximum atomic E-state index is 12.4. The van der Waals surface area contributed by atoms with Gasteiger partial charge in [0, 0.05) is 0 Å². The van der Waals surface area contributed by atoms with Crippen molar-refractivity contribution < 1.29 is 8.42 Å². The van der Waals surface area contributed by atoms with Crippen LogP contribution in [0.4, 0.5) is 5.82 Å². The summed E-state index contributed by atoms with van der Waals surface area (Å²) in [4.78, 5) is 7.93. The van der Waals surface area contributed by atoms with Gasteiger partial charge in [-0.25, -0.2) is 13.4 Å². The van der Waals surface area contributed by atoms with Gasteiger partial charge in [-0.1, -0.05) is 29.3 Å². The quantitative estimate of drug-likeness (QED) is 0.946. The van der Waals surface area contributed by atoms with Gasteiger partial charge in [0.15, 0.2) is 5.82 Å². The van der Waals surface area contributed by atoms with E-state index in [4.69, 9.17) is 11.6 Å². The molecule has 5 nitrogen and oxygen atoms in total. The molecule has 0 radical (unpaired) electrons. The summed E-state index contributed by atoms with van der Waals surface area (Å²) in [5.74, 6) is 0.0943. The van der Waals surface area contributed by atoms with Gasteiger partial charge in [0.1, 0.15) is 5.15 Å². The van der Waals surface area contributed by atoms with Crippen molar-refractivity contribution in [3.8, 4) is 0 Å². The van der Waals surface area contributed by atoms with E-state index in [2.05, 4.69) is 14.7 Å². The summed E-state index contributed by atoms with van der Waals surface area (Å²) in [6.45, 7) is 5.45. The average Bonchev–Trinajstić information content (AvgIpc) is 2.25. The van der Waals surface area contributed by atoms with E-state index in [1.807, 2.05) is 19.1 Å². The Morgan fingerprint density at radius 2 is 1.70 bits per heavy atom. The molecule has 0 unspecified atom stereocenters. The van der Waals surface area contributed by atoms with Gasteiger partial charge in [-0.05, 0) is 31.9 Å². The number of nitrogens with one attached hydrogen (secondary N) is 1. The van der Waals surface area contributed by atoms with Gasteiger partial charge in [-0.15, -0.1) is 0 Å². The van der Waals surface area contributed by atoms with Crippen molar-refractivity contribution in [2.24, 2.45) is 0 Å². The van der Waals surface area contributed by atoms with Gasteiger partial charge in [-0.3, -0.25) is 9.71 Å². The van der Waals surface area contributed by atoms with Gasteiger partial charge < -0.3 is 0 Å². The summed E-state index contributed by atoms with van der Waals surface area (Å²) in [7, 11) is -3.72. The largest absolute Gasteiger partial charge is 0.263 e. The van der Waals surface area contributed by atoms with Crippen molar-refractivity contribution >= 4 is 27.4 Å². The van der Waals surface area contributed by atoms with E-state index >= 15 is 0 Å². The second kappa shape index (κ2) is 5.38. The van der Waals surface area contributed by atoms with Gasteiger partial charge in [-0.2, -0.15) is 0 Å². The highest BCUT2D eigenvalue weighted by Crippen LogP contribution is 2.23. The third-order valence-corrected chi connectivity index (χ3v) is 4.56. The van der Waals surface area contributed by atoms with Crippen LogP contribution in [0.15, 0.2) is 29.4 Å². The molecule has 7 heteroatoms. The van der Waals surface area contributed by atoms with Crippen LogP contribution in [-0.4, -0.2) is 18.4 Å². The third-order valence-electron chi connectivity index (χ3n) is 2.72. The third kappa shape index (κ3) is 3.08. The fraction of sp³-hybridized carbons (Fsp3) is 0.231. The molecule has 0 amide bonds. The zero-order valence-corrected chi connectivity index (χ0v) is 12.9. The van der Waals surface area contributed by atoms with Gasteiger partial charge >= 0.3 is 0 Å². The predicted molar refractivity (Wildman–Crippen MR) is 78.5 cm³/mol. The number of anilines is 1. The van der Waals surface area contributed by atoms with Crippen LogP contribution in [0.2, 0.25) is 5.15 Å². The number of hydrogen-bond donors (Lipinski definition) is 1. The van der Waals surface area contributed by atoms with Gasteiger partial charge in [0.25, 0.3) is 10.0 Å². The molecule has 1 aromatic carbocycles. The second-order valence-electron chi connectivity index (χ2n) is 4.56. The highest BCUT2D eigenvalue weighted by Gasteiger charge is 2.20. The van der Waals surface area contributed by atoms with Crippen molar-refractivity contribution in [2.45, 2.75) is 25.7 Å². The summed E-state index contributed by atoms with van der Waals surface area (Å²) in [6.07, 6.45) is 2.64. The molecule has 0 saturated carbocycles. The number of aromatic nitrogens is 2. The van der Waals surface area contributed by atoms with Crippen molar-refractivity contribution in [1.82, 2.24) is 9.97 Å². The first kappa shape index (κ1) is 14.7. The van der Waals surface area contributed by atoms with Crippen LogP contribution in [0.25, 0.3) is 0 Å². The molecule has 2 rings (SSSR count). The van der Waals surface area contributed by atoms with Crippen LogP contribution in [0.5, 0.6) is 0 Å². The van der Waals surface area contributed by atoms with Crippen LogP contribution in [0.3, 0.4) is 0 Å². The smallest absolute Gasteiger partial charge is 0.262 e. The Labute approximate surface area is 123 Å². The Kier molecular flexibility index (Phi) is 3.96. The van der Waals surface area contributed by atoms with Crippen molar-refractivity contribution in [3.05, 3.63) is 46.4 Å². The van der Waals surface area contributed by atoms with Crippen molar-refractivity contribution in [1.29, 1.82) is 0 Å². The van der Waals surface area contributed by atoms with E-state index < -0.39 is 10.0 Å². The normalized spacial score (nSPS) is 11.4. The van der Waals surface area contributed by atoms with Crippen LogP contribution in [0.1, 0.15) is 16.7 Å². The maximum absolute atomic E-state index is 12.4. The van der Waals surface area contributed by atoms with Crippen molar-refractivity contribution in [3.63, 3.8) is 0 Å². The summed E-state index contributed by atoms with van der Waals surface area (Å²) in [5.41, 5.74) is 2.39. The highest BCUT2D eigenvalue weighted by molar-refractivity contribution is 7.92. The number of benzene rings is 1. The molecule has 1 heterocycles. The fourth-order valence-corrected chi connectivity index (χ4v) is 3.76. The minimum absolute atomic E-state index is 0.0943. The monoisotopic (exact) mass is 311 g/mol. The first-order chi connectivity index (χ1) is 9.29. The molecular weight excluding hydrogens is 298 g/mol. The molecular formula is C13H14ClN3O2S. The molecule has 0 aliphatic rings. The molecule has 0 saturated heterocycles. The molecule has 20 heavy (non-hydrogen) atoms. The molecule has 0 atom stereocenters. The van der Waals surface area contributed by atoms with Crippen LogP contribution >= 0.6 is 11.6 Å². The second-order valence-corrected chi connectivity index (χ2v) is 6.57. The van der Waals surface area contributed by atoms with E-state index in [0.717, 1.165) is 5.56 Å². The summed E-state index contributed by atoms with van der Waals surface area (Å²) >= 11 is 5.69. The molecule has 1 aromatic heterocycles. The number of hydrogen-bond acceptors (Lipinski definition) is 4. The van der Waals surface area contributed by atoms with Gasteiger partial charge in [0.2, 0.25) is 0 Å². The average molecular weight is 312 g/mol. The zero-order valence-electron chi connectivity index (χ0n) is 11.3. The van der Waals surface area contributed by atoms with Crippen molar-refractivity contribution in [2.75, 3.05) is 4.72 Å². The summed E-state index contributed by atoms with van der Waals surface area (Å²) in [5, 5.41) is 0.127. The first-order valence-electron chi connectivity index (χ1n) is 5.88. The lowest BCUT2D eigenvalue weighted by Gasteiger charge is -2.13. The summed E-state index contributed by atoms with van der Waals surface area (Å²) < 4.78 is 27.3. The fourth-order valence-electron chi connectivity index (χ4n) is 2.17. The predicted octanol–water partition coefficient (Wildman–Crippen LogP) is 2.86. The minimum atomic E-state index is -3.72. The maximum Gasteiger partial charge on any atom is 0.263 e. The van der Waals surface area contributed by atoms with Crippen LogP contribution in [0, 0.1) is 20.8 Å². The lowest BCUT2D eigenvalue weighted by atomic mass is 10.1. The lowest BCUT2D eigenvalue weighted by molar-refractivity contribution is 0.599. The van der Waals surface area contributed by atoms with Crippen LogP contribution in [-0.2, 0) is 10.0 Å². The number of sulfonamides is 1. The Hall–Kier alpha value is -1.66. The molecule has 0 bridgehead atoms. The molecule has 2 aromatic rings. The van der Waals surface area contributed by atoms with E-state index in [-0.39, 0.29) is 15.9 Å². The van der Waals surface area contributed by atoms with E-state index in [1.54, 1.807) is 13.8 Å². The number of nitrogens with zero attached hydrogens (tertiary/aromatic N) is 2. The minimum Gasteiger partial charge on any atom is -0.262 e. The standard InChI is InChI=1S/C13H14ClN3O2S/c1-8-4-9(2)13(10(3)5-8)20(18,19)17-12-7-15-6-11(14)16-12/h4-7H,1-3H3,(H,16,17). The molecule has 0 fully saturated rings. The molecule has 0 aliphatic heterocycles.